The highest BCUT2D eigenvalue weighted by molar-refractivity contribution is 7.98. The summed E-state index contributed by atoms with van der Waals surface area (Å²) >= 11 is 2.85. The molecule has 0 spiro atoms. The summed E-state index contributed by atoms with van der Waals surface area (Å²) < 4.78 is 19.4. The quantitative estimate of drug-likeness (QED) is 0.0858. The second-order valence-corrected chi connectivity index (χ2v) is 12.5. The van der Waals surface area contributed by atoms with Crippen LogP contribution < -0.4 is 24.4 Å². The Kier molecular flexibility index (Phi) is 10.1. The van der Waals surface area contributed by atoms with Crippen molar-refractivity contribution in [1.82, 2.24) is 4.57 Å². The number of thiazole rings is 1. The zero-order chi connectivity index (χ0) is 33.0. The minimum atomic E-state index is -0.699. The molecule has 0 saturated heterocycles. The minimum Gasteiger partial charge on any atom is -0.490 e. The Morgan fingerprint density at radius 3 is 2.43 bits per heavy atom. The smallest absolute Gasteiger partial charge is 0.338 e. The summed E-state index contributed by atoms with van der Waals surface area (Å²) in [6, 6.07) is 18.6. The number of fused-ring (bicyclic) bond motifs is 1. The predicted octanol–water partition coefficient (Wildman–Crippen LogP) is 5.79. The number of benzene rings is 3. The van der Waals surface area contributed by atoms with Gasteiger partial charge in [0.15, 0.2) is 16.3 Å². The highest BCUT2D eigenvalue weighted by Gasteiger charge is 2.33. The van der Waals surface area contributed by atoms with Crippen LogP contribution in [0, 0.1) is 10.1 Å². The molecule has 0 bridgehead atoms. The number of hydrogen-bond acceptors (Lipinski definition) is 10. The third kappa shape index (κ3) is 7.08. The fourth-order valence-electron chi connectivity index (χ4n) is 4.99. The molecule has 0 N–H and O–H groups in total. The molecule has 0 saturated carbocycles. The first-order chi connectivity index (χ1) is 22.1. The zero-order valence-electron chi connectivity index (χ0n) is 26.0. The Balaban J connectivity index is 1.52. The number of nitrogens with zero attached hydrogens (tertiary/aromatic N) is 3. The van der Waals surface area contributed by atoms with Crippen molar-refractivity contribution in [2.24, 2.45) is 4.99 Å². The summed E-state index contributed by atoms with van der Waals surface area (Å²) in [7, 11) is 0. The molecule has 1 atom stereocenters. The van der Waals surface area contributed by atoms with Crippen molar-refractivity contribution in [3.8, 4) is 11.5 Å². The molecule has 1 aliphatic rings. The molecule has 5 rings (SSSR count). The molecule has 0 unspecified atom stereocenters. The molecule has 10 nitrogen and oxygen atoms in total. The van der Waals surface area contributed by atoms with Gasteiger partial charge in [0.25, 0.3) is 11.2 Å². The molecule has 0 fully saturated rings. The molecule has 1 aromatic heterocycles. The van der Waals surface area contributed by atoms with Crippen LogP contribution in [0.5, 0.6) is 11.5 Å². The van der Waals surface area contributed by atoms with E-state index >= 15 is 0 Å². The van der Waals surface area contributed by atoms with Crippen molar-refractivity contribution in [1.29, 1.82) is 0 Å². The van der Waals surface area contributed by atoms with Crippen LogP contribution in [-0.4, -0.2) is 34.4 Å². The number of non-ortho nitro benzene ring substituents is 1. The molecule has 12 heteroatoms. The summed E-state index contributed by atoms with van der Waals surface area (Å²) in [4.78, 5) is 44.1. The fourth-order valence-corrected chi connectivity index (χ4v) is 6.45. The van der Waals surface area contributed by atoms with E-state index in [1.165, 1.54) is 23.5 Å². The van der Waals surface area contributed by atoms with Gasteiger partial charge in [0, 0.05) is 17.0 Å². The molecule has 0 amide bonds. The largest absolute Gasteiger partial charge is 0.490 e. The summed E-state index contributed by atoms with van der Waals surface area (Å²) in [5.74, 6) is 0.485. The number of esters is 1. The van der Waals surface area contributed by atoms with Crippen LogP contribution in [0.25, 0.3) is 6.08 Å². The van der Waals surface area contributed by atoms with E-state index in [2.05, 4.69) is 4.99 Å². The van der Waals surface area contributed by atoms with E-state index in [0.717, 1.165) is 16.0 Å². The number of ether oxygens (including phenoxy) is 3. The molecule has 238 valence electrons. The first-order valence-corrected chi connectivity index (χ1v) is 16.6. The lowest BCUT2D eigenvalue weighted by atomic mass is 9.96. The first kappa shape index (κ1) is 32.7. The van der Waals surface area contributed by atoms with Gasteiger partial charge in [-0.05, 0) is 93.1 Å². The van der Waals surface area contributed by atoms with E-state index in [-0.39, 0.29) is 24.0 Å². The van der Waals surface area contributed by atoms with Crippen molar-refractivity contribution in [3.05, 3.63) is 124 Å². The number of rotatable bonds is 11. The maximum atomic E-state index is 14.0. The average molecular weight is 660 g/mol. The Morgan fingerprint density at radius 2 is 1.80 bits per heavy atom. The van der Waals surface area contributed by atoms with Gasteiger partial charge in [-0.1, -0.05) is 29.5 Å². The lowest BCUT2D eigenvalue weighted by Crippen LogP contribution is -2.40. The number of allylic oxidation sites excluding steroid dienone is 1. The van der Waals surface area contributed by atoms with Crippen molar-refractivity contribution < 1.29 is 23.9 Å². The number of nitro benzene ring substituents is 1. The highest BCUT2D eigenvalue weighted by Crippen LogP contribution is 2.33. The van der Waals surface area contributed by atoms with Crippen LogP contribution in [0.1, 0.15) is 50.4 Å². The maximum absolute atomic E-state index is 14.0. The van der Waals surface area contributed by atoms with Crippen molar-refractivity contribution in [3.63, 3.8) is 0 Å². The van der Waals surface area contributed by atoms with E-state index in [4.69, 9.17) is 14.2 Å². The lowest BCUT2D eigenvalue weighted by molar-refractivity contribution is -0.384. The third-order valence-corrected chi connectivity index (χ3v) is 8.85. The summed E-state index contributed by atoms with van der Waals surface area (Å²) in [6.07, 6.45) is 3.42. The van der Waals surface area contributed by atoms with E-state index < -0.39 is 16.9 Å². The molecule has 3 aromatic carbocycles. The van der Waals surface area contributed by atoms with Crippen molar-refractivity contribution in [2.75, 3.05) is 12.9 Å². The van der Waals surface area contributed by atoms with Crippen molar-refractivity contribution >= 4 is 40.8 Å². The first-order valence-electron chi connectivity index (χ1n) is 14.6. The predicted molar refractivity (Wildman–Crippen MR) is 178 cm³/mol. The highest BCUT2D eigenvalue weighted by atomic mass is 32.2. The fraction of sp³-hybridized carbons (Fsp3) is 0.265. The van der Waals surface area contributed by atoms with Gasteiger partial charge in [-0.15, -0.1) is 11.8 Å². The SMILES string of the molecule is CCOc1cc(/C=c2\sc3n(c2=O)[C@H](c2ccc(SC)cc2)C(C(=O)OC(C)C)=C(C)N=3)ccc1OCc1ccc([N+](=O)[O-])cc1. The van der Waals surface area contributed by atoms with Crippen molar-refractivity contribution in [2.45, 2.75) is 51.3 Å². The van der Waals surface area contributed by atoms with Crippen LogP contribution in [0.3, 0.4) is 0 Å². The molecule has 0 aliphatic carbocycles. The number of aromatic nitrogens is 1. The topological polar surface area (TPSA) is 122 Å². The van der Waals surface area contributed by atoms with Crippen LogP contribution in [0.15, 0.2) is 92.7 Å². The lowest BCUT2D eigenvalue weighted by Gasteiger charge is -2.25. The zero-order valence-corrected chi connectivity index (χ0v) is 27.6. The minimum absolute atomic E-state index is 0.00934. The summed E-state index contributed by atoms with van der Waals surface area (Å²) in [5, 5.41) is 11.0. The number of hydrogen-bond donors (Lipinski definition) is 0. The summed E-state index contributed by atoms with van der Waals surface area (Å²) in [5.41, 5.74) is 2.83. The van der Waals surface area contributed by atoms with Gasteiger partial charge in [-0.2, -0.15) is 0 Å². The van der Waals surface area contributed by atoms with Crippen LogP contribution in [0.2, 0.25) is 0 Å². The molecule has 1 aliphatic heterocycles. The number of carbonyl (C=O) groups is 1. The van der Waals surface area contributed by atoms with Crippen LogP contribution in [0.4, 0.5) is 5.69 Å². The Labute approximate surface area is 273 Å². The molecule has 46 heavy (non-hydrogen) atoms. The Morgan fingerprint density at radius 1 is 1.09 bits per heavy atom. The van der Waals surface area contributed by atoms with E-state index in [1.807, 2.05) is 43.5 Å². The van der Waals surface area contributed by atoms with Crippen LogP contribution >= 0.6 is 23.1 Å². The van der Waals surface area contributed by atoms with E-state index in [1.54, 1.807) is 67.4 Å². The monoisotopic (exact) mass is 659 g/mol. The average Bonchev–Trinajstić information content (AvgIpc) is 3.33. The number of thioether (sulfide) groups is 1. The van der Waals surface area contributed by atoms with Gasteiger partial charge in [-0.3, -0.25) is 19.5 Å². The molecule has 2 heterocycles. The maximum Gasteiger partial charge on any atom is 0.338 e. The van der Waals surface area contributed by atoms with Gasteiger partial charge < -0.3 is 14.2 Å². The molecule has 4 aromatic rings. The number of nitro groups is 1. The second kappa shape index (κ2) is 14.2. The third-order valence-electron chi connectivity index (χ3n) is 7.12. The molecular formula is C34H33N3O7S2. The second-order valence-electron chi connectivity index (χ2n) is 10.7. The number of carbonyl (C=O) groups excluding carboxylic acids is 1. The Bertz CT molecular complexity index is 1980. The van der Waals surface area contributed by atoms with E-state index in [9.17, 15) is 19.7 Å². The van der Waals surface area contributed by atoms with Crippen LogP contribution in [-0.2, 0) is 16.1 Å². The normalized spacial score (nSPS) is 14.6. The van der Waals surface area contributed by atoms with Gasteiger partial charge in [0.05, 0.1) is 39.5 Å². The summed E-state index contributed by atoms with van der Waals surface area (Å²) in [6.45, 7) is 7.78. The van der Waals surface area contributed by atoms with Gasteiger partial charge >= 0.3 is 5.97 Å². The Hall–Kier alpha value is -4.68. The van der Waals surface area contributed by atoms with Gasteiger partial charge in [-0.25, -0.2) is 9.79 Å². The van der Waals surface area contributed by atoms with E-state index in [0.29, 0.717) is 44.3 Å². The molecule has 0 radical (unpaired) electrons. The van der Waals surface area contributed by atoms with Gasteiger partial charge in [0.1, 0.15) is 6.61 Å². The molecular weight excluding hydrogens is 627 g/mol. The van der Waals surface area contributed by atoms with Gasteiger partial charge in [0.2, 0.25) is 0 Å². The standard InChI is InChI=1S/C34H33N3O7S2/c1-6-42-28-17-23(9-16-27(28)43-19-22-7-12-25(13-8-22)37(40)41)18-29-32(38)36-31(24-10-14-26(45-5)15-11-24)30(33(39)44-20(2)3)21(4)35-34(36)46-29/h7-18,20,31H,6,19H2,1-5H3/b29-18-/t31-/m1/s1.